The highest BCUT2D eigenvalue weighted by molar-refractivity contribution is 6.11. The third-order valence-electron chi connectivity index (χ3n) is 3.80. The van der Waals surface area contributed by atoms with Gasteiger partial charge in [-0.15, -0.1) is 0 Å². The highest BCUT2D eigenvalue weighted by atomic mass is 16.6. The van der Waals surface area contributed by atoms with E-state index in [1.54, 1.807) is 24.3 Å². The zero-order valence-electron chi connectivity index (χ0n) is 15.1. The first-order chi connectivity index (χ1) is 13.4. The average Bonchev–Trinajstić information content (AvgIpc) is 3.26. The zero-order valence-corrected chi connectivity index (χ0v) is 15.1. The van der Waals surface area contributed by atoms with Crippen molar-refractivity contribution >= 4 is 28.9 Å². The molecule has 28 heavy (non-hydrogen) atoms. The summed E-state index contributed by atoms with van der Waals surface area (Å²) in [4.78, 5) is 35.5. The molecule has 0 bridgehead atoms. The molecule has 2 aromatic heterocycles. The Labute approximate surface area is 159 Å². The standard InChI is InChI=1S/C17H17N7O4/c1-3-23-9-12(14(21-23)16(25)18-11-7-5-4-6-8-11)19-17(26)15-13(24(27)28)10-22(2)20-15/h4-10H,3H2,1-2H3,(H,18,25)(H,19,26). The smallest absolute Gasteiger partial charge is 0.320 e. The zero-order chi connectivity index (χ0) is 20.3. The molecule has 0 aliphatic heterocycles. The van der Waals surface area contributed by atoms with Gasteiger partial charge in [-0.05, 0) is 19.1 Å². The van der Waals surface area contributed by atoms with Crippen molar-refractivity contribution in [3.05, 3.63) is 64.2 Å². The summed E-state index contributed by atoms with van der Waals surface area (Å²) in [5.41, 5.74) is -0.113. The highest BCUT2D eigenvalue weighted by Gasteiger charge is 2.27. The molecule has 144 valence electrons. The van der Waals surface area contributed by atoms with Gasteiger partial charge < -0.3 is 10.6 Å². The van der Waals surface area contributed by atoms with Crippen LogP contribution < -0.4 is 10.6 Å². The van der Waals surface area contributed by atoms with Gasteiger partial charge in [0.15, 0.2) is 5.69 Å². The largest absolute Gasteiger partial charge is 0.321 e. The maximum Gasteiger partial charge on any atom is 0.320 e. The fourth-order valence-electron chi connectivity index (χ4n) is 2.51. The number of nitrogens with one attached hydrogen (secondary N) is 2. The Bertz CT molecular complexity index is 1040. The molecular weight excluding hydrogens is 366 g/mol. The number of aromatic nitrogens is 4. The second-order valence-electron chi connectivity index (χ2n) is 5.82. The number of nitro groups is 1. The van der Waals surface area contributed by atoms with Gasteiger partial charge in [-0.3, -0.25) is 29.1 Å². The molecule has 0 fully saturated rings. The van der Waals surface area contributed by atoms with Crippen molar-refractivity contribution in [2.45, 2.75) is 13.5 Å². The molecule has 0 saturated carbocycles. The van der Waals surface area contributed by atoms with E-state index in [2.05, 4.69) is 20.8 Å². The summed E-state index contributed by atoms with van der Waals surface area (Å²) in [6.45, 7) is 2.28. The number of carbonyl (C=O) groups is 2. The number of carbonyl (C=O) groups excluding carboxylic acids is 2. The maximum atomic E-state index is 12.6. The molecule has 0 spiro atoms. The van der Waals surface area contributed by atoms with Gasteiger partial charge in [0, 0.05) is 25.5 Å². The van der Waals surface area contributed by atoms with Gasteiger partial charge in [-0.25, -0.2) is 0 Å². The Hall–Kier alpha value is -4.02. The Kier molecular flexibility index (Phi) is 5.16. The van der Waals surface area contributed by atoms with Crippen LogP contribution in [0, 0.1) is 10.1 Å². The van der Waals surface area contributed by atoms with Gasteiger partial charge in [-0.1, -0.05) is 18.2 Å². The van der Waals surface area contributed by atoms with Gasteiger partial charge in [0.1, 0.15) is 6.20 Å². The lowest BCUT2D eigenvalue weighted by molar-refractivity contribution is -0.385. The van der Waals surface area contributed by atoms with E-state index in [9.17, 15) is 19.7 Å². The minimum absolute atomic E-state index is 0.0161. The third-order valence-corrected chi connectivity index (χ3v) is 3.80. The number of aryl methyl sites for hydroxylation is 2. The van der Waals surface area contributed by atoms with E-state index in [0.717, 1.165) is 6.20 Å². The number of hydrogen-bond acceptors (Lipinski definition) is 6. The first-order valence-electron chi connectivity index (χ1n) is 8.32. The highest BCUT2D eigenvalue weighted by Crippen LogP contribution is 2.21. The van der Waals surface area contributed by atoms with E-state index >= 15 is 0 Å². The van der Waals surface area contributed by atoms with Crippen LogP contribution in [0.25, 0.3) is 0 Å². The third kappa shape index (κ3) is 3.87. The van der Waals surface area contributed by atoms with Gasteiger partial charge in [0.2, 0.25) is 5.69 Å². The summed E-state index contributed by atoms with van der Waals surface area (Å²) in [6, 6.07) is 8.77. The van der Waals surface area contributed by atoms with Gasteiger partial charge in [0.25, 0.3) is 11.8 Å². The molecule has 1 aromatic carbocycles. The van der Waals surface area contributed by atoms with Crippen LogP contribution >= 0.6 is 0 Å². The summed E-state index contributed by atoms with van der Waals surface area (Å²) >= 11 is 0. The van der Waals surface area contributed by atoms with Crippen LogP contribution in [0.15, 0.2) is 42.7 Å². The summed E-state index contributed by atoms with van der Waals surface area (Å²) in [6.07, 6.45) is 2.61. The Morgan fingerprint density at radius 3 is 2.39 bits per heavy atom. The summed E-state index contributed by atoms with van der Waals surface area (Å²) in [5, 5.41) is 24.3. The molecule has 0 unspecified atom stereocenters. The van der Waals surface area contributed by atoms with Crippen LogP contribution in [0.5, 0.6) is 0 Å². The summed E-state index contributed by atoms with van der Waals surface area (Å²) in [7, 11) is 1.47. The first kappa shape index (κ1) is 18.8. The maximum absolute atomic E-state index is 12.6. The van der Waals surface area contributed by atoms with Crippen LogP contribution in [-0.4, -0.2) is 36.3 Å². The molecule has 11 nitrogen and oxygen atoms in total. The molecule has 0 atom stereocenters. The Morgan fingerprint density at radius 1 is 1.07 bits per heavy atom. The van der Waals surface area contributed by atoms with Crippen LogP contribution in [0.2, 0.25) is 0 Å². The number of amides is 2. The number of anilines is 2. The summed E-state index contributed by atoms with van der Waals surface area (Å²) < 4.78 is 2.65. The monoisotopic (exact) mass is 383 g/mol. The van der Waals surface area contributed by atoms with E-state index in [1.165, 1.54) is 22.6 Å². The van der Waals surface area contributed by atoms with Crippen LogP contribution in [0.1, 0.15) is 27.9 Å². The van der Waals surface area contributed by atoms with Crippen molar-refractivity contribution in [2.24, 2.45) is 7.05 Å². The molecule has 0 aliphatic carbocycles. The van der Waals surface area contributed by atoms with Crippen LogP contribution in [-0.2, 0) is 13.6 Å². The molecule has 2 amide bonds. The van der Waals surface area contributed by atoms with E-state index in [-0.39, 0.29) is 17.1 Å². The normalized spacial score (nSPS) is 10.5. The van der Waals surface area contributed by atoms with E-state index < -0.39 is 22.4 Å². The molecule has 2 heterocycles. The number of hydrogen-bond donors (Lipinski definition) is 2. The Morgan fingerprint density at radius 2 is 1.75 bits per heavy atom. The SMILES string of the molecule is CCn1cc(NC(=O)c2nn(C)cc2[N+](=O)[O-])c(C(=O)Nc2ccccc2)n1. The number of rotatable bonds is 6. The minimum Gasteiger partial charge on any atom is -0.321 e. The lowest BCUT2D eigenvalue weighted by atomic mass is 10.2. The van der Waals surface area contributed by atoms with E-state index in [1.807, 2.05) is 13.0 Å². The van der Waals surface area contributed by atoms with Crippen molar-refractivity contribution in [3.63, 3.8) is 0 Å². The predicted molar refractivity (Wildman–Crippen MR) is 100 cm³/mol. The Balaban J connectivity index is 1.88. The number of nitrogens with zero attached hydrogens (tertiary/aromatic N) is 5. The fourth-order valence-corrected chi connectivity index (χ4v) is 2.51. The lowest BCUT2D eigenvalue weighted by Gasteiger charge is -2.05. The van der Waals surface area contributed by atoms with Gasteiger partial charge in [0.05, 0.1) is 10.6 Å². The number of para-hydroxylation sites is 1. The molecule has 3 rings (SSSR count). The van der Waals surface area contributed by atoms with Crippen molar-refractivity contribution in [1.82, 2.24) is 19.6 Å². The van der Waals surface area contributed by atoms with Crippen LogP contribution in [0.4, 0.5) is 17.1 Å². The van der Waals surface area contributed by atoms with E-state index in [0.29, 0.717) is 12.2 Å². The lowest BCUT2D eigenvalue weighted by Crippen LogP contribution is -2.19. The van der Waals surface area contributed by atoms with Gasteiger partial charge in [-0.2, -0.15) is 10.2 Å². The second kappa shape index (κ2) is 7.70. The minimum atomic E-state index is -0.809. The second-order valence-corrected chi connectivity index (χ2v) is 5.82. The molecule has 2 N–H and O–H groups in total. The molecule has 0 saturated heterocycles. The van der Waals surface area contributed by atoms with Crippen molar-refractivity contribution in [3.8, 4) is 0 Å². The molecule has 11 heteroatoms. The fraction of sp³-hybridized carbons (Fsp3) is 0.176. The van der Waals surface area contributed by atoms with Crippen LogP contribution in [0.3, 0.4) is 0 Å². The van der Waals surface area contributed by atoms with Crippen molar-refractivity contribution < 1.29 is 14.5 Å². The molecule has 0 aliphatic rings. The molecule has 0 radical (unpaired) electrons. The quantitative estimate of drug-likeness (QED) is 0.494. The molecular formula is C17H17N7O4. The predicted octanol–water partition coefficient (Wildman–Crippen LogP) is 2.05. The molecule has 3 aromatic rings. The topological polar surface area (TPSA) is 137 Å². The van der Waals surface area contributed by atoms with Crippen molar-refractivity contribution in [2.75, 3.05) is 10.6 Å². The van der Waals surface area contributed by atoms with Crippen molar-refractivity contribution in [1.29, 1.82) is 0 Å². The number of benzene rings is 1. The van der Waals surface area contributed by atoms with E-state index in [4.69, 9.17) is 0 Å². The summed E-state index contributed by atoms with van der Waals surface area (Å²) in [5.74, 6) is -1.33. The van der Waals surface area contributed by atoms with Gasteiger partial charge >= 0.3 is 5.69 Å². The average molecular weight is 383 g/mol. The first-order valence-corrected chi connectivity index (χ1v) is 8.32.